The van der Waals surface area contributed by atoms with Crippen LogP contribution in [0, 0.1) is 5.82 Å². The van der Waals surface area contributed by atoms with Crippen molar-refractivity contribution in [3.05, 3.63) is 59.8 Å². The average molecular weight is 409 g/mol. The minimum absolute atomic E-state index is 0.0789. The summed E-state index contributed by atoms with van der Waals surface area (Å²) in [5, 5.41) is 3.69. The number of pyridine rings is 1. The molecule has 9 heteroatoms. The van der Waals surface area contributed by atoms with E-state index >= 15 is 0 Å². The van der Waals surface area contributed by atoms with E-state index < -0.39 is 24.6 Å². The van der Waals surface area contributed by atoms with Crippen molar-refractivity contribution in [1.82, 2.24) is 15.3 Å². The van der Waals surface area contributed by atoms with E-state index in [9.17, 15) is 22.4 Å². The number of hydrogen-bond donors (Lipinski definition) is 2. The van der Waals surface area contributed by atoms with Crippen LogP contribution in [0.1, 0.15) is 30.6 Å². The van der Waals surface area contributed by atoms with Gasteiger partial charge >= 0.3 is 6.18 Å². The minimum Gasteiger partial charge on any atom is -0.482 e. The van der Waals surface area contributed by atoms with E-state index in [1.54, 1.807) is 6.92 Å². The number of benzene rings is 1. The second-order valence-electron chi connectivity index (χ2n) is 6.59. The Kier molecular flexibility index (Phi) is 6.05. The van der Waals surface area contributed by atoms with Gasteiger partial charge in [-0.25, -0.2) is 4.39 Å². The van der Waals surface area contributed by atoms with Gasteiger partial charge in [-0.2, -0.15) is 13.2 Å². The van der Waals surface area contributed by atoms with Crippen LogP contribution in [-0.2, 0) is 11.2 Å². The normalized spacial score (nSPS) is 12.7. The van der Waals surface area contributed by atoms with Crippen molar-refractivity contribution >= 4 is 16.8 Å². The molecule has 154 valence electrons. The standard InChI is InChI=1S/C20H19F4N3O2/c1-12(19-16(21)8-14(10-26-19)29-11-20(22,23)24)27-18(28)7-6-13-9-25-17-5-3-2-4-15(13)17/h2-5,8-10,12,25H,6-7,11H2,1H3,(H,27,28)/t12-/m1/s1. The number of carbonyl (C=O) groups excluding carboxylic acids is 1. The number of fused-ring (bicyclic) bond motifs is 1. The highest BCUT2D eigenvalue weighted by atomic mass is 19.4. The van der Waals surface area contributed by atoms with Gasteiger partial charge in [-0.1, -0.05) is 18.2 Å². The third kappa shape index (κ3) is 5.46. The lowest BCUT2D eigenvalue weighted by Crippen LogP contribution is -2.28. The summed E-state index contributed by atoms with van der Waals surface area (Å²) in [5.41, 5.74) is 1.90. The Hall–Kier alpha value is -3.10. The van der Waals surface area contributed by atoms with E-state index in [4.69, 9.17) is 0 Å². The lowest BCUT2D eigenvalue weighted by Gasteiger charge is -2.15. The molecule has 5 nitrogen and oxygen atoms in total. The van der Waals surface area contributed by atoms with E-state index in [0.717, 1.165) is 28.7 Å². The van der Waals surface area contributed by atoms with Crippen LogP contribution in [0.15, 0.2) is 42.7 Å². The number of H-pyrrole nitrogens is 1. The largest absolute Gasteiger partial charge is 0.482 e. The summed E-state index contributed by atoms with van der Waals surface area (Å²) in [5.74, 6) is -1.48. The van der Waals surface area contributed by atoms with Crippen molar-refractivity contribution in [1.29, 1.82) is 0 Å². The van der Waals surface area contributed by atoms with Gasteiger partial charge in [0, 0.05) is 29.6 Å². The van der Waals surface area contributed by atoms with E-state index in [1.165, 1.54) is 0 Å². The molecule has 1 amide bonds. The van der Waals surface area contributed by atoms with Crippen molar-refractivity contribution in [3.63, 3.8) is 0 Å². The molecule has 3 aromatic rings. The number of nitrogens with one attached hydrogen (secondary N) is 2. The molecular weight excluding hydrogens is 390 g/mol. The molecule has 0 radical (unpaired) electrons. The first-order valence-electron chi connectivity index (χ1n) is 8.92. The minimum atomic E-state index is -4.53. The number of halogens is 4. The molecule has 0 saturated carbocycles. The van der Waals surface area contributed by atoms with Crippen LogP contribution >= 0.6 is 0 Å². The maximum atomic E-state index is 14.2. The summed E-state index contributed by atoms with van der Waals surface area (Å²) < 4.78 is 55.1. The van der Waals surface area contributed by atoms with Gasteiger partial charge in [-0.05, 0) is 25.0 Å². The Morgan fingerprint density at radius 2 is 2.07 bits per heavy atom. The number of amides is 1. The highest BCUT2D eigenvalue weighted by molar-refractivity contribution is 5.84. The number of alkyl halides is 3. The Bertz CT molecular complexity index is 1000. The molecule has 29 heavy (non-hydrogen) atoms. The lowest BCUT2D eigenvalue weighted by atomic mass is 10.1. The first kappa shape index (κ1) is 20.6. The molecular formula is C20H19F4N3O2. The fraction of sp³-hybridized carbons (Fsp3) is 0.300. The van der Waals surface area contributed by atoms with Gasteiger partial charge in [-0.3, -0.25) is 9.78 Å². The van der Waals surface area contributed by atoms with Gasteiger partial charge in [0.2, 0.25) is 5.91 Å². The second-order valence-corrected chi connectivity index (χ2v) is 6.59. The van der Waals surface area contributed by atoms with Crippen molar-refractivity contribution in [3.8, 4) is 5.75 Å². The maximum Gasteiger partial charge on any atom is 0.422 e. The van der Waals surface area contributed by atoms with Crippen LogP contribution in [0.2, 0.25) is 0 Å². The van der Waals surface area contributed by atoms with Gasteiger partial charge in [0.25, 0.3) is 0 Å². The van der Waals surface area contributed by atoms with Gasteiger partial charge in [0.05, 0.1) is 17.9 Å². The Morgan fingerprint density at radius 3 is 2.79 bits per heavy atom. The highest BCUT2D eigenvalue weighted by Gasteiger charge is 2.28. The quantitative estimate of drug-likeness (QED) is 0.567. The molecule has 3 rings (SSSR count). The smallest absolute Gasteiger partial charge is 0.422 e. The fourth-order valence-electron chi connectivity index (χ4n) is 2.96. The molecule has 2 aromatic heterocycles. The zero-order valence-corrected chi connectivity index (χ0v) is 15.5. The average Bonchev–Trinajstić information content (AvgIpc) is 3.07. The molecule has 0 saturated heterocycles. The predicted octanol–water partition coefficient (Wildman–Crippen LogP) is 4.45. The van der Waals surface area contributed by atoms with E-state index in [2.05, 4.69) is 20.0 Å². The molecule has 0 bridgehead atoms. The van der Waals surface area contributed by atoms with Crippen LogP contribution < -0.4 is 10.1 Å². The summed E-state index contributed by atoms with van der Waals surface area (Å²) >= 11 is 0. The van der Waals surface area contributed by atoms with Crippen molar-refractivity contribution < 1.29 is 27.1 Å². The van der Waals surface area contributed by atoms with Crippen LogP contribution in [0.3, 0.4) is 0 Å². The number of carbonyl (C=O) groups is 1. The predicted molar refractivity (Wildman–Crippen MR) is 98.9 cm³/mol. The second kappa shape index (κ2) is 8.50. The van der Waals surface area contributed by atoms with Gasteiger partial charge in [0.1, 0.15) is 5.75 Å². The van der Waals surface area contributed by atoms with Crippen LogP contribution in [0.5, 0.6) is 5.75 Å². The molecule has 1 aromatic carbocycles. The van der Waals surface area contributed by atoms with Crippen LogP contribution in [0.4, 0.5) is 17.6 Å². The monoisotopic (exact) mass is 409 g/mol. The maximum absolute atomic E-state index is 14.2. The summed E-state index contributed by atoms with van der Waals surface area (Å²) in [6.07, 6.45) is -0.981. The van der Waals surface area contributed by atoms with E-state index in [1.807, 2.05) is 30.5 Å². The summed E-state index contributed by atoms with van der Waals surface area (Å²) in [4.78, 5) is 19.2. The van der Waals surface area contributed by atoms with Crippen molar-refractivity contribution in [2.24, 2.45) is 0 Å². The topological polar surface area (TPSA) is 67.0 Å². The molecule has 0 fully saturated rings. The molecule has 0 aliphatic carbocycles. The highest BCUT2D eigenvalue weighted by Crippen LogP contribution is 2.22. The van der Waals surface area contributed by atoms with Gasteiger partial charge < -0.3 is 15.0 Å². The number of aromatic amines is 1. The molecule has 2 N–H and O–H groups in total. The first-order valence-corrected chi connectivity index (χ1v) is 8.92. The third-order valence-corrected chi connectivity index (χ3v) is 4.33. The number of aryl methyl sites for hydroxylation is 1. The van der Waals surface area contributed by atoms with Gasteiger partial charge in [-0.15, -0.1) is 0 Å². The Labute approximate surface area is 164 Å². The number of aromatic nitrogens is 2. The van der Waals surface area contributed by atoms with Gasteiger partial charge in [0.15, 0.2) is 12.4 Å². The Balaban J connectivity index is 1.56. The summed E-state index contributed by atoms with van der Waals surface area (Å²) in [6.45, 7) is 0.0127. The molecule has 0 aliphatic heterocycles. The lowest BCUT2D eigenvalue weighted by molar-refractivity contribution is -0.153. The summed E-state index contributed by atoms with van der Waals surface area (Å²) in [7, 11) is 0. The van der Waals surface area contributed by atoms with Crippen molar-refractivity contribution in [2.45, 2.75) is 32.0 Å². The summed E-state index contributed by atoms with van der Waals surface area (Å²) in [6, 6.07) is 7.81. The number of nitrogens with zero attached hydrogens (tertiary/aromatic N) is 1. The fourth-order valence-corrected chi connectivity index (χ4v) is 2.96. The van der Waals surface area contributed by atoms with E-state index in [-0.39, 0.29) is 23.8 Å². The third-order valence-electron chi connectivity index (χ3n) is 4.33. The van der Waals surface area contributed by atoms with Crippen LogP contribution in [0.25, 0.3) is 10.9 Å². The number of ether oxygens (including phenoxy) is 1. The first-order chi connectivity index (χ1) is 13.7. The molecule has 1 atom stereocenters. The molecule has 0 spiro atoms. The zero-order chi connectivity index (χ0) is 21.0. The number of para-hydroxylation sites is 1. The van der Waals surface area contributed by atoms with Crippen molar-refractivity contribution in [2.75, 3.05) is 6.61 Å². The number of rotatable bonds is 7. The van der Waals surface area contributed by atoms with Crippen LogP contribution in [-0.4, -0.2) is 28.7 Å². The molecule has 0 unspecified atom stereocenters. The zero-order valence-electron chi connectivity index (χ0n) is 15.5. The van der Waals surface area contributed by atoms with E-state index in [0.29, 0.717) is 6.42 Å². The Morgan fingerprint density at radius 1 is 1.31 bits per heavy atom. The molecule has 0 aliphatic rings. The SMILES string of the molecule is C[C@@H](NC(=O)CCc1c[nH]c2ccccc12)c1ncc(OCC(F)(F)F)cc1F. The number of hydrogen-bond acceptors (Lipinski definition) is 3. The molecule has 2 heterocycles.